The molecule has 4 N–H and O–H groups in total. The molecule has 0 saturated carbocycles. The fraction of sp³-hybridized carbons (Fsp3) is 0.250. The van der Waals surface area contributed by atoms with Crippen LogP contribution in [-0.2, 0) is 11.8 Å². The second kappa shape index (κ2) is 8.72. The molecule has 1 atom stereocenters. The second-order valence-corrected chi connectivity index (χ2v) is 8.69. The van der Waals surface area contributed by atoms with Crippen LogP contribution >= 0.6 is 22.7 Å². The van der Waals surface area contributed by atoms with Crippen molar-refractivity contribution in [2.45, 2.75) is 26.3 Å². The number of hydrogen-bond donors (Lipinski definition) is 4. The maximum atomic E-state index is 12.5. The molecule has 0 aromatic carbocycles. The first-order valence-corrected chi connectivity index (χ1v) is 10.7. The Morgan fingerprint density at radius 1 is 1.23 bits per heavy atom. The number of carbonyl (C=O) groups excluding carboxylic acids is 1. The zero-order valence-corrected chi connectivity index (χ0v) is 18.2. The van der Waals surface area contributed by atoms with Crippen molar-refractivity contribution >= 4 is 40.4 Å². The lowest BCUT2D eigenvalue weighted by molar-refractivity contribution is -0.137. The third-order valence-corrected chi connectivity index (χ3v) is 6.76. The highest BCUT2D eigenvalue weighted by Crippen LogP contribution is 2.35. The third-order valence-electron chi connectivity index (χ3n) is 4.66. The van der Waals surface area contributed by atoms with Crippen molar-refractivity contribution in [3.63, 3.8) is 0 Å². The normalized spacial score (nSPS) is 11.8. The molecule has 0 aliphatic rings. The highest BCUT2D eigenvalue weighted by Gasteiger charge is 2.22. The summed E-state index contributed by atoms with van der Waals surface area (Å²) in [5.74, 6) is -1.43. The largest absolute Gasteiger partial charge is 0.505 e. The number of hydrogen-bond acceptors (Lipinski definition) is 6. The number of aliphatic carboxylic acids is 1. The number of aromatic nitrogens is 1. The van der Waals surface area contributed by atoms with Crippen LogP contribution in [0.15, 0.2) is 33.8 Å². The molecular formula is C20H21N3O5S2. The Hall–Kier alpha value is -3.11. The number of carboxylic acid groups (broad SMARTS) is 1. The number of pyridine rings is 1. The van der Waals surface area contributed by atoms with Gasteiger partial charge in [0.1, 0.15) is 5.75 Å². The monoisotopic (exact) mass is 447 g/mol. The number of rotatable bonds is 6. The van der Waals surface area contributed by atoms with E-state index in [-0.39, 0.29) is 17.9 Å². The summed E-state index contributed by atoms with van der Waals surface area (Å²) in [6.07, 6.45) is -0.326. The lowest BCUT2D eigenvalue weighted by atomic mass is 10.1. The minimum absolute atomic E-state index is 0.268. The quantitative estimate of drug-likeness (QED) is 0.458. The van der Waals surface area contributed by atoms with Crippen LogP contribution < -0.4 is 16.2 Å². The molecule has 0 fully saturated rings. The number of carboxylic acids is 1. The second-order valence-electron chi connectivity index (χ2n) is 6.83. The molecule has 3 rings (SSSR count). The van der Waals surface area contributed by atoms with Crippen LogP contribution in [0.3, 0.4) is 0 Å². The summed E-state index contributed by atoms with van der Waals surface area (Å²) in [5.41, 5.74) is 1.89. The van der Waals surface area contributed by atoms with Crippen molar-refractivity contribution < 1.29 is 19.8 Å². The molecule has 10 heteroatoms. The standard InChI is InChI=1S/C20H21N3O5S2/c1-10-8-29-9-12(10)15-4-5-16(30-15)13(7-17(25)26)21-20(28)22-18-14(24)6-11(2)23(3)19(18)27/h4-6,8-9,13,24H,7H2,1-3H3,(H,25,26)(H2,21,22,28). The topological polar surface area (TPSA) is 121 Å². The lowest BCUT2D eigenvalue weighted by Gasteiger charge is -2.17. The summed E-state index contributed by atoms with van der Waals surface area (Å²) in [7, 11) is 1.52. The molecule has 3 heterocycles. The number of urea groups is 1. The van der Waals surface area contributed by atoms with Gasteiger partial charge >= 0.3 is 12.0 Å². The van der Waals surface area contributed by atoms with E-state index in [0.717, 1.165) is 16.0 Å². The zero-order valence-electron chi connectivity index (χ0n) is 16.6. The highest BCUT2D eigenvalue weighted by atomic mass is 32.1. The van der Waals surface area contributed by atoms with E-state index in [9.17, 15) is 24.6 Å². The van der Waals surface area contributed by atoms with Crippen LogP contribution in [0, 0.1) is 13.8 Å². The molecule has 158 valence electrons. The van der Waals surface area contributed by atoms with Crippen LogP contribution in [0.1, 0.15) is 28.6 Å². The van der Waals surface area contributed by atoms with E-state index in [1.807, 2.05) is 23.8 Å². The van der Waals surface area contributed by atoms with Crippen molar-refractivity contribution in [2.75, 3.05) is 5.32 Å². The Morgan fingerprint density at radius 3 is 2.60 bits per heavy atom. The van der Waals surface area contributed by atoms with E-state index in [1.54, 1.807) is 24.3 Å². The first kappa shape index (κ1) is 21.6. The van der Waals surface area contributed by atoms with Gasteiger partial charge in [-0.15, -0.1) is 11.3 Å². The smallest absolute Gasteiger partial charge is 0.320 e. The number of anilines is 1. The van der Waals surface area contributed by atoms with E-state index in [4.69, 9.17) is 0 Å². The summed E-state index contributed by atoms with van der Waals surface area (Å²) in [5, 5.41) is 28.3. The fourth-order valence-electron chi connectivity index (χ4n) is 2.92. The van der Waals surface area contributed by atoms with E-state index < -0.39 is 23.6 Å². The van der Waals surface area contributed by atoms with Gasteiger partial charge < -0.3 is 25.4 Å². The first-order chi connectivity index (χ1) is 14.2. The molecule has 8 nitrogen and oxygen atoms in total. The molecule has 3 aromatic heterocycles. The Kier molecular flexibility index (Phi) is 6.28. The summed E-state index contributed by atoms with van der Waals surface area (Å²) in [6.45, 7) is 3.65. The fourth-order valence-corrected chi connectivity index (χ4v) is 4.99. The van der Waals surface area contributed by atoms with Crippen molar-refractivity contribution in [1.82, 2.24) is 9.88 Å². The Labute approximate surface area is 180 Å². The SMILES string of the molecule is Cc1cscc1-c1ccc(C(CC(=O)O)NC(=O)Nc2c(O)cc(C)n(C)c2=O)s1. The third kappa shape index (κ3) is 4.55. The van der Waals surface area contributed by atoms with Crippen molar-refractivity contribution in [3.8, 4) is 16.2 Å². The Morgan fingerprint density at radius 2 is 1.97 bits per heavy atom. The van der Waals surface area contributed by atoms with Gasteiger partial charge in [-0.1, -0.05) is 0 Å². The van der Waals surface area contributed by atoms with Gasteiger partial charge in [0.05, 0.1) is 12.5 Å². The van der Waals surface area contributed by atoms with Gasteiger partial charge in [-0.05, 0) is 42.3 Å². The zero-order chi connectivity index (χ0) is 22.0. The van der Waals surface area contributed by atoms with Gasteiger partial charge in [0.2, 0.25) is 0 Å². The van der Waals surface area contributed by atoms with Crippen molar-refractivity contribution in [3.05, 3.63) is 55.4 Å². The minimum Gasteiger partial charge on any atom is -0.505 e. The maximum absolute atomic E-state index is 12.5. The van der Waals surface area contributed by atoms with E-state index >= 15 is 0 Å². The Bertz CT molecular complexity index is 1160. The average Bonchev–Trinajstić information content (AvgIpc) is 3.31. The van der Waals surface area contributed by atoms with E-state index in [2.05, 4.69) is 10.6 Å². The predicted molar refractivity (Wildman–Crippen MR) is 118 cm³/mol. The van der Waals surface area contributed by atoms with Gasteiger partial charge in [-0.25, -0.2) is 4.79 Å². The highest BCUT2D eigenvalue weighted by molar-refractivity contribution is 7.16. The van der Waals surface area contributed by atoms with Crippen LogP contribution in [-0.4, -0.2) is 26.8 Å². The number of nitrogens with zero attached hydrogens (tertiary/aromatic N) is 1. The van der Waals surface area contributed by atoms with Gasteiger partial charge in [0.15, 0.2) is 5.69 Å². The first-order valence-electron chi connectivity index (χ1n) is 8.99. The van der Waals surface area contributed by atoms with Crippen LogP contribution in [0.25, 0.3) is 10.4 Å². The van der Waals surface area contributed by atoms with Gasteiger partial charge in [0.25, 0.3) is 5.56 Å². The number of aryl methyl sites for hydroxylation is 2. The molecule has 0 aliphatic carbocycles. The number of carbonyl (C=O) groups is 2. The maximum Gasteiger partial charge on any atom is 0.320 e. The van der Waals surface area contributed by atoms with Crippen molar-refractivity contribution in [2.24, 2.45) is 7.05 Å². The molecule has 0 radical (unpaired) electrons. The van der Waals surface area contributed by atoms with E-state index in [1.165, 1.54) is 29.0 Å². The Balaban J connectivity index is 1.83. The van der Waals surface area contributed by atoms with Gasteiger partial charge in [0, 0.05) is 34.1 Å². The van der Waals surface area contributed by atoms with Crippen LogP contribution in [0.2, 0.25) is 0 Å². The minimum atomic E-state index is -1.07. The summed E-state index contributed by atoms with van der Waals surface area (Å²) < 4.78 is 1.29. The molecule has 3 aromatic rings. The molecule has 30 heavy (non-hydrogen) atoms. The summed E-state index contributed by atoms with van der Waals surface area (Å²) in [4.78, 5) is 37.8. The number of nitrogens with one attached hydrogen (secondary N) is 2. The molecule has 0 spiro atoms. The number of amides is 2. The number of aromatic hydroxyl groups is 1. The molecule has 1 unspecified atom stereocenters. The molecular weight excluding hydrogens is 426 g/mol. The van der Waals surface area contributed by atoms with Crippen molar-refractivity contribution in [1.29, 1.82) is 0 Å². The molecule has 2 amide bonds. The summed E-state index contributed by atoms with van der Waals surface area (Å²) >= 11 is 2.98. The molecule has 0 saturated heterocycles. The van der Waals surface area contributed by atoms with Gasteiger partial charge in [-0.3, -0.25) is 9.59 Å². The predicted octanol–water partition coefficient (Wildman–Crippen LogP) is 3.84. The molecule has 0 bridgehead atoms. The van der Waals surface area contributed by atoms with Gasteiger partial charge in [-0.2, -0.15) is 11.3 Å². The average molecular weight is 448 g/mol. The van der Waals surface area contributed by atoms with Crippen LogP contribution in [0.4, 0.5) is 10.5 Å². The molecule has 0 aliphatic heterocycles. The summed E-state index contributed by atoms with van der Waals surface area (Å²) in [6, 6.07) is 3.47. The lowest BCUT2D eigenvalue weighted by Crippen LogP contribution is -2.35. The number of thiophene rings is 2. The van der Waals surface area contributed by atoms with Crippen LogP contribution in [0.5, 0.6) is 5.75 Å². The van der Waals surface area contributed by atoms with E-state index in [0.29, 0.717) is 10.6 Å².